The molecule has 3 N–H and O–H groups in total. The number of aromatic amines is 1. The van der Waals surface area contributed by atoms with Crippen LogP contribution in [0.1, 0.15) is 6.92 Å². The fourth-order valence-corrected chi connectivity index (χ4v) is 3.67. The molecule has 0 saturated carbocycles. The lowest BCUT2D eigenvalue weighted by atomic mass is 10.1. The molecule has 0 aromatic carbocycles. The van der Waals surface area contributed by atoms with E-state index in [1.807, 2.05) is 25.5 Å². The van der Waals surface area contributed by atoms with E-state index < -0.39 is 0 Å². The third-order valence-electron chi connectivity index (χ3n) is 5.04. The fourth-order valence-electron chi connectivity index (χ4n) is 3.67. The summed E-state index contributed by atoms with van der Waals surface area (Å²) in [5.41, 5.74) is 8.91. The van der Waals surface area contributed by atoms with Gasteiger partial charge in [-0.3, -0.25) is 9.78 Å². The monoisotopic (exact) mass is 379 g/mol. The molecule has 0 aliphatic carbocycles. The highest BCUT2D eigenvalue weighted by Crippen LogP contribution is 2.36. The average molecular weight is 379 g/mol. The Kier molecular flexibility index (Phi) is 3.79. The molecule has 0 bridgehead atoms. The lowest BCUT2D eigenvalue weighted by molar-refractivity contribution is 0.0986. The zero-order valence-electron chi connectivity index (χ0n) is 15.7. The van der Waals surface area contributed by atoms with Crippen molar-refractivity contribution >= 4 is 22.7 Å². The first kappa shape index (κ1) is 16.8. The van der Waals surface area contributed by atoms with Crippen LogP contribution >= 0.6 is 0 Å². The van der Waals surface area contributed by atoms with Crippen molar-refractivity contribution in [2.45, 2.75) is 13.0 Å². The largest absolute Gasteiger partial charge is 0.382 e. The Hall–Kier alpha value is -3.40. The van der Waals surface area contributed by atoms with Crippen LogP contribution in [0, 0.1) is 0 Å². The van der Waals surface area contributed by atoms with E-state index in [-0.39, 0.29) is 6.04 Å². The smallest absolute Gasteiger partial charge is 0.169 e. The SMILES string of the molecule is CC1COCCN1c1cc(-c2cnn(C)c2)c2c(N)nn(-c3ccn[nH]3)c2n1. The normalized spacial score (nSPS) is 17.5. The highest BCUT2D eigenvalue weighted by molar-refractivity contribution is 6.01. The second-order valence-corrected chi connectivity index (χ2v) is 6.99. The Morgan fingerprint density at radius 2 is 2.25 bits per heavy atom. The zero-order valence-corrected chi connectivity index (χ0v) is 15.7. The minimum absolute atomic E-state index is 0.223. The molecule has 28 heavy (non-hydrogen) atoms. The zero-order chi connectivity index (χ0) is 19.3. The van der Waals surface area contributed by atoms with Crippen LogP contribution in [0.4, 0.5) is 11.6 Å². The number of aryl methyl sites for hydroxylation is 1. The minimum Gasteiger partial charge on any atom is -0.382 e. The first-order valence-electron chi connectivity index (χ1n) is 9.14. The fraction of sp³-hybridized carbons (Fsp3) is 0.333. The number of ether oxygens (including phenoxy) is 1. The topological polar surface area (TPSA) is 116 Å². The Balaban J connectivity index is 1.78. The maximum absolute atomic E-state index is 6.32. The summed E-state index contributed by atoms with van der Waals surface area (Å²) in [5, 5.41) is 16.6. The second-order valence-electron chi connectivity index (χ2n) is 6.99. The Labute approximate surface area is 160 Å². The van der Waals surface area contributed by atoms with E-state index in [2.05, 4.69) is 38.3 Å². The number of aromatic nitrogens is 7. The molecule has 5 heterocycles. The van der Waals surface area contributed by atoms with E-state index in [0.29, 0.717) is 30.5 Å². The number of nitrogens with zero attached hydrogens (tertiary/aromatic N) is 7. The van der Waals surface area contributed by atoms with Crippen molar-refractivity contribution in [3.8, 4) is 16.9 Å². The van der Waals surface area contributed by atoms with E-state index in [1.165, 1.54) is 0 Å². The van der Waals surface area contributed by atoms with Crippen LogP contribution in [0.5, 0.6) is 0 Å². The third kappa shape index (κ3) is 2.61. The Morgan fingerprint density at radius 3 is 2.96 bits per heavy atom. The van der Waals surface area contributed by atoms with Gasteiger partial charge in [-0.15, -0.1) is 5.10 Å². The van der Waals surface area contributed by atoms with E-state index >= 15 is 0 Å². The molecule has 10 heteroatoms. The summed E-state index contributed by atoms with van der Waals surface area (Å²) in [4.78, 5) is 7.19. The van der Waals surface area contributed by atoms with Crippen LogP contribution in [0.3, 0.4) is 0 Å². The van der Waals surface area contributed by atoms with Gasteiger partial charge in [0.2, 0.25) is 0 Å². The molecule has 0 radical (unpaired) electrons. The van der Waals surface area contributed by atoms with Gasteiger partial charge in [0.1, 0.15) is 5.82 Å². The number of nitrogens with one attached hydrogen (secondary N) is 1. The van der Waals surface area contributed by atoms with Crippen LogP contribution in [0.15, 0.2) is 30.7 Å². The molecule has 0 amide bonds. The summed E-state index contributed by atoms with van der Waals surface area (Å²) in [5.74, 6) is 1.99. The van der Waals surface area contributed by atoms with Gasteiger partial charge in [0.25, 0.3) is 0 Å². The average Bonchev–Trinajstić information content (AvgIpc) is 3.42. The first-order chi connectivity index (χ1) is 13.6. The van der Waals surface area contributed by atoms with Gasteiger partial charge in [0.05, 0.1) is 37.0 Å². The number of hydrogen-bond acceptors (Lipinski definition) is 7. The van der Waals surface area contributed by atoms with Crippen molar-refractivity contribution in [2.75, 3.05) is 30.4 Å². The van der Waals surface area contributed by atoms with E-state index in [0.717, 1.165) is 28.9 Å². The number of hydrogen-bond donors (Lipinski definition) is 2. The summed E-state index contributed by atoms with van der Waals surface area (Å²) in [7, 11) is 1.89. The van der Waals surface area contributed by atoms with Crippen molar-refractivity contribution in [1.82, 2.24) is 34.7 Å². The number of pyridine rings is 1. The van der Waals surface area contributed by atoms with Crippen molar-refractivity contribution in [1.29, 1.82) is 0 Å². The van der Waals surface area contributed by atoms with Crippen LogP contribution in [-0.4, -0.2) is 60.5 Å². The highest BCUT2D eigenvalue weighted by atomic mass is 16.5. The molecule has 1 aliphatic heterocycles. The summed E-state index contributed by atoms with van der Waals surface area (Å²) < 4.78 is 9.06. The van der Waals surface area contributed by atoms with Gasteiger partial charge in [-0.25, -0.2) is 4.98 Å². The summed E-state index contributed by atoms with van der Waals surface area (Å²) in [6.45, 7) is 4.26. The van der Waals surface area contributed by atoms with E-state index in [4.69, 9.17) is 15.5 Å². The maximum atomic E-state index is 6.32. The number of anilines is 2. The molecule has 1 aliphatic rings. The van der Waals surface area contributed by atoms with Gasteiger partial charge in [-0.05, 0) is 13.0 Å². The van der Waals surface area contributed by atoms with E-state index in [1.54, 1.807) is 15.6 Å². The third-order valence-corrected chi connectivity index (χ3v) is 5.04. The number of rotatable bonds is 3. The van der Waals surface area contributed by atoms with Crippen LogP contribution in [0.2, 0.25) is 0 Å². The van der Waals surface area contributed by atoms with Crippen molar-refractivity contribution in [2.24, 2.45) is 7.05 Å². The molecule has 10 nitrogen and oxygen atoms in total. The first-order valence-corrected chi connectivity index (χ1v) is 9.14. The number of nitrogens with two attached hydrogens (primary N) is 1. The molecular formula is C18H21N9O. The van der Waals surface area contributed by atoms with Gasteiger partial charge in [-0.2, -0.15) is 14.9 Å². The minimum atomic E-state index is 0.223. The molecule has 1 unspecified atom stereocenters. The number of H-pyrrole nitrogens is 1. The van der Waals surface area contributed by atoms with Crippen LogP contribution in [0.25, 0.3) is 28.0 Å². The number of nitrogen functional groups attached to an aromatic ring is 1. The lowest BCUT2D eigenvalue weighted by Crippen LogP contribution is -2.44. The molecular weight excluding hydrogens is 358 g/mol. The Bertz CT molecular complexity index is 1130. The molecule has 144 valence electrons. The van der Waals surface area contributed by atoms with Crippen molar-refractivity contribution in [3.63, 3.8) is 0 Å². The van der Waals surface area contributed by atoms with Crippen molar-refractivity contribution in [3.05, 3.63) is 30.7 Å². The molecule has 1 fully saturated rings. The van der Waals surface area contributed by atoms with Gasteiger partial charge in [-0.1, -0.05) is 0 Å². The molecule has 0 spiro atoms. The second kappa shape index (κ2) is 6.34. The summed E-state index contributed by atoms with van der Waals surface area (Å²) in [6, 6.07) is 4.12. The van der Waals surface area contributed by atoms with Gasteiger partial charge in [0, 0.05) is 37.0 Å². The summed E-state index contributed by atoms with van der Waals surface area (Å²) >= 11 is 0. The quantitative estimate of drug-likeness (QED) is 0.552. The molecule has 1 saturated heterocycles. The Morgan fingerprint density at radius 1 is 1.36 bits per heavy atom. The number of fused-ring (bicyclic) bond motifs is 1. The van der Waals surface area contributed by atoms with Gasteiger partial charge in [0.15, 0.2) is 17.3 Å². The van der Waals surface area contributed by atoms with Crippen LogP contribution < -0.4 is 10.6 Å². The predicted octanol–water partition coefficient (Wildman–Crippen LogP) is 1.35. The van der Waals surface area contributed by atoms with Crippen LogP contribution in [-0.2, 0) is 11.8 Å². The molecule has 1 atom stereocenters. The lowest BCUT2D eigenvalue weighted by Gasteiger charge is -2.34. The number of morpholine rings is 1. The molecule has 4 aromatic rings. The van der Waals surface area contributed by atoms with Gasteiger partial charge < -0.3 is 15.4 Å². The standard InChI is InChI=1S/C18H21N9O/c1-11-10-28-6-5-26(11)15-7-13(12-8-21-25(2)9-12)16-17(19)24-27(18(16)22-15)14-3-4-20-23-14/h3-4,7-9,11H,5-6,10H2,1-2H3,(H2,19,24)(H,20,23). The highest BCUT2D eigenvalue weighted by Gasteiger charge is 2.25. The summed E-state index contributed by atoms with van der Waals surface area (Å²) in [6.07, 6.45) is 5.47. The van der Waals surface area contributed by atoms with E-state index in [9.17, 15) is 0 Å². The van der Waals surface area contributed by atoms with Gasteiger partial charge >= 0.3 is 0 Å². The molecule has 5 rings (SSSR count). The molecule has 4 aromatic heterocycles. The van der Waals surface area contributed by atoms with Crippen molar-refractivity contribution < 1.29 is 4.74 Å². The maximum Gasteiger partial charge on any atom is 0.169 e. The predicted molar refractivity (Wildman–Crippen MR) is 105 cm³/mol.